The lowest BCUT2D eigenvalue weighted by Gasteiger charge is -2.29. The van der Waals surface area contributed by atoms with Gasteiger partial charge in [0.2, 0.25) is 0 Å². The Labute approximate surface area is 175 Å². The number of halogens is 1. The van der Waals surface area contributed by atoms with Crippen molar-refractivity contribution >= 4 is 23.4 Å². The second kappa shape index (κ2) is 10.3. The van der Waals surface area contributed by atoms with Crippen molar-refractivity contribution < 1.29 is 24.2 Å². The maximum Gasteiger partial charge on any atom is 0.309 e. The summed E-state index contributed by atoms with van der Waals surface area (Å²) in [7, 11) is 0. The summed E-state index contributed by atoms with van der Waals surface area (Å²) in [4.78, 5) is 28.8. The highest BCUT2D eigenvalue weighted by molar-refractivity contribution is 6.32. The van der Waals surface area contributed by atoms with Crippen LogP contribution in [0.3, 0.4) is 0 Å². The van der Waals surface area contributed by atoms with E-state index in [0.717, 1.165) is 0 Å². The minimum Gasteiger partial charge on any atom is -0.504 e. The molecule has 0 saturated carbocycles. The third-order valence-electron chi connectivity index (χ3n) is 4.47. The summed E-state index contributed by atoms with van der Waals surface area (Å²) in [5.74, 6) is -1.31. The summed E-state index contributed by atoms with van der Waals surface area (Å²) in [6, 6.07) is 10.7. The van der Waals surface area contributed by atoms with Gasteiger partial charge in [-0.1, -0.05) is 50.6 Å². The van der Waals surface area contributed by atoms with Gasteiger partial charge in [-0.25, -0.2) is 4.98 Å². The molecule has 2 aromatic rings. The Hall–Kier alpha value is -2.60. The fourth-order valence-electron chi connectivity index (χ4n) is 2.89. The number of pyridine rings is 1. The van der Waals surface area contributed by atoms with E-state index < -0.39 is 23.8 Å². The van der Waals surface area contributed by atoms with Crippen molar-refractivity contribution in [3.63, 3.8) is 0 Å². The number of aromatic hydroxyl groups is 1. The second-order valence-corrected chi connectivity index (χ2v) is 7.71. The Balaban J connectivity index is 1.99. The molecule has 0 bridgehead atoms. The van der Waals surface area contributed by atoms with Crippen LogP contribution in [0.4, 0.5) is 0 Å². The molecule has 0 fully saturated rings. The second-order valence-electron chi connectivity index (χ2n) is 7.30. The lowest BCUT2D eigenvalue weighted by Crippen LogP contribution is -2.38. The maximum atomic E-state index is 12.5. The fraction of sp³-hybridized carbons (Fsp3) is 0.409. The van der Waals surface area contributed by atoms with Gasteiger partial charge in [0.1, 0.15) is 23.7 Å². The van der Waals surface area contributed by atoms with Crippen molar-refractivity contribution in [2.45, 2.75) is 46.3 Å². The summed E-state index contributed by atoms with van der Waals surface area (Å²) >= 11 is 5.81. The van der Waals surface area contributed by atoms with Crippen LogP contribution in [0.15, 0.2) is 42.6 Å². The molecular formula is C22H26ClNO5. The van der Waals surface area contributed by atoms with Crippen LogP contribution in [0.2, 0.25) is 5.02 Å². The highest BCUT2D eigenvalue weighted by Crippen LogP contribution is 2.27. The van der Waals surface area contributed by atoms with E-state index in [1.807, 2.05) is 44.2 Å². The largest absolute Gasteiger partial charge is 0.504 e. The Morgan fingerprint density at radius 1 is 1.10 bits per heavy atom. The molecule has 0 aliphatic heterocycles. The monoisotopic (exact) mass is 419 g/mol. The lowest BCUT2D eigenvalue weighted by atomic mass is 10.0. The minimum absolute atomic E-state index is 0.0324. The quantitative estimate of drug-likeness (QED) is 0.469. The molecule has 0 aliphatic carbocycles. The summed E-state index contributed by atoms with van der Waals surface area (Å²) in [6.45, 7) is 7.33. The number of carbonyl (C=O) groups excluding carboxylic acids is 2. The first kappa shape index (κ1) is 22.7. The zero-order chi connectivity index (χ0) is 21.6. The van der Waals surface area contributed by atoms with Gasteiger partial charge in [-0.3, -0.25) is 9.59 Å². The number of nitrogens with zero attached hydrogens (tertiary/aromatic N) is 1. The van der Waals surface area contributed by atoms with Gasteiger partial charge < -0.3 is 14.6 Å². The van der Waals surface area contributed by atoms with Gasteiger partial charge in [-0.15, -0.1) is 0 Å². The molecule has 3 atom stereocenters. The van der Waals surface area contributed by atoms with E-state index in [9.17, 15) is 14.7 Å². The predicted molar refractivity (Wildman–Crippen MR) is 110 cm³/mol. The molecule has 1 aromatic carbocycles. The lowest BCUT2D eigenvalue weighted by molar-refractivity contribution is -0.158. The summed E-state index contributed by atoms with van der Waals surface area (Å²) < 4.78 is 11.6. The zero-order valence-electron chi connectivity index (χ0n) is 17.0. The Bertz CT molecular complexity index is 840. The molecule has 0 radical (unpaired) electrons. The average molecular weight is 420 g/mol. The van der Waals surface area contributed by atoms with Gasteiger partial charge >= 0.3 is 5.97 Å². The number of Topliss-reactive ketones (excluding diaryl/α,β-unsaturated/α-hetero) is 1. The Morgan fingerprint density at radius 3 is 2.38 bits per heavy atom. The van der Waals surface area contributed by atoms with Gasteiger partial charge in [0.15, 0.2) is 11.5 Å². The van der Waals surface area contributed by atoms with Gasteiger partial charge in [-0.2, -0.15) is 0 Å². The molecule has 1 heterocycles. The number of benzene rings is 1. The maximum absolute atomic E-state index is 12.5. The zero-order valence-corrected chi connectivity index (χ0v) is 17.7. The van der Waals surface area contributed by atoms with Crippen LogP contribution in [-0.4, -0.2) is 34.1 Å². The number of hydrogen-bond acceptors (Lipinski definition) is 6. The van der Waals surface area contributed by atoms with Crippen molar-refractivity contribution in [3.8, 4) is 11.5 Å². The fourth-order valence-corrected chi connectivity index (χ4v) is 3.03. The third-order valence-corrected chi connectivity index (χ3v) is 4.78. The summed E-state index contributed by atoms with van der Waals surface area (Å²) in [5.41, 5.74) is -0.155. The van der Waals surface area contributed by atoms with Crippen LogP contribution < -0.4 is 4.74 Å². The number of aromatic nitrogens is 1. The number of esters is 1. The van der Waals surface area contributed by atoms with Crippen molar-refractivity contribution in [3.05, 3.63) is 53.3 Å². The van der Waals surface area contributed by atoms with Gasteiger partial charge in [0.05, 0.1) is 10.9 Å². The average Bonchev–Trinajstić information content (AvgIpc) is 2.68. The topological polar surface area (TPSA) is 85.7 Å². The number of carbonyl (C=O) groups is 2. The SMILES string of the molecule is CC(C)[C@@H](Oc1ccccc1)[C@H](C)OC(=O)[C@H](C)CC(=O)c1nccc(Cl)c1O. The van der Waals surface area contributed by atoms with Crippen molar-refractivity contribution in [1.29, 1.82) is 0 Å². The van der Waals surface area contributed by atoms with Gasteiger partial charge in [0.25, 0.3) is 0 Å². The van der Waals surface area contributed by atoms with Crippen LogP contribution in [-0.2, 0) is 9.53 Å². The number of rotatable bonds is 9. The molecule has 0 amide bonds. The van der Waals surface area contributed by atoms with Crippen LogP contribution in [0.1, 0.15) is 44.6 Å². The predicted octanol–water partition coefficient (Wildman–Crippen LogP) is 4.68. The normalized spacial score (nSPS) is 14.1. The van der Waals surface area contributed by atoms with Gasteiger partial charge in [0, 0.05) is 12.6 Å². The number of para-hydroxylation sites is 1. The molecule has 7 heteroatoms. The van der Waals surface area contributed by atoms with Crippen LogP contribution in [0.5, 0.6) is 11.5 Å². The van der Waals surface area contributed by atoms with Crippen molar-refractivity contribution in [2.75, 3.05) is 0 Å². The minimum atomic E-state index is -0.713. The molecule has 0 unspecified atom stereocenters. The molecule has 0 aliphatic rings. The van der Waals surface area contributed by atoms with E-state index in [-0.39, 0.29) is 34.9 Å². The number of hydrogen-bond donors (Lipinski definition) is 1. The van der Waals surface area contributed by atoms with E-state index in [1.165, 1.54) is 12.3 Å². The molecule has 1 N–H and O–H groups in total. The molecular weight excluding hydrogens is 394 g/mol. The van der Waals surface area contributed by atoms with Crippen molar-refractivity contribution in [2.24, 2.45) is 11.8 Å². The van der Waals surface area contributed by atoms with E-state index in [1.54, 1.807) is 13.8 Å². The first-order chi connectivity index (χ1) is 13.7. The molecule has 2 rings (SSSR count). The first-order valence-corrected chi connectivity index (χ1v) is 9.87. The summed E-state index contributed by atoms with van der Waals surface area (Å²) in [5, 5.41) is 9.92. The molecule has 0 spiro atoms. The summed E-state index contributed by atoms with van der Waals surface area (Å²) in [6.07, 6.45) is 0.313. The molecule has 0 saturated heterocycles. The standard InChI is InChI=1S/C22H26ClNO5/c1-13(2)21(29-16-8-6-5-7-9-16)15(4)28-22(27)14(3)12-18(25)19-20(26)17(23)10-11-24-19/h5-11,13-15,21,26H,12H2,1-4H3/t14-,15+,21-/m1/s1. The first-order valence-electron chi connectivity index (χ1n) is 9.49. The molecule has 29 heavy (non-hydrogen) atoms. The molecule has 1 aromatic heterocycles. The molecule has 6 nitrogen and oxygen atoms in total. The number of ether oxygens (including phenoxy) is 2. The highest BCUT2D eigenvalue weighted by Gasteiger charge is 2.29. The Morgan fingerprint density at radius 2 is 1.76 bits per heavy atom. The molecule has 156 valence electrons. The third kappa shape index (κ3) is 6.19. The van der Waals surface area contributed by atoms with Crippen LogP contribution in [0.25, 0.3) is 0 Å². The van der Waals surface area contributed by atoms with Crippen molar-refractivity contribution in [1.82, 2.24) is 4.98 Å². The van der Waals surface area contributed by atoms with E-state index in [2.05, 4.69) is 4.98 Å². The Kier molecular flexibility index (Phi) is 8.02. The smallest absolute Gasteiger partial charge is 0.309 e. The number of ketones is 1. The van der Waals surface area contributed by atoms with E-state index in [4.69, 9.17) is 21.1 Å². The highest BCUT2D eigenvalue weighted by atomic mass is 35.5. The van der Waals surface area contributed by atoms with Crippen LogP contribution in [0, 0.1) is 11.8 Å². The van der Waals surface area contributed by atoms with E-state index >= 15 is 0 Å². The van der Waals surface area contributed by atoms with Crippen LogP contribution >= 0.6 is 11.6 Å². The van der Waals surface area contributed by atoms with E-state index in [0.29, 0.717) is 5.75 Å². The van der Waals surface area contributed by atoms with Gasteiger partial charge in [-0.05, 0) is 31.0 Å².